The average molecular weight is 312 g/mol. The fourth-order valence-electron chi connectivity index (χ4n) is 2.23. The van der Waals surface area contributed by atoms with Crippen molar-refractivity contribution in [1.82, 2.24) is 0 Å². The molecule has 4 heteroatoms. The first-order chi connectivity index (χ1) is 11.0. The van der Waals surface area contributed by atoms with Crippen LogP contribution in [0.2, 0.25) is 0 Å². The molecule has 0 spiro atoms. The molecule has 2 aromatic rings. The van der Waals surface area contributed by atoms with E-state index in [0.29, 0.717) is 18.9 Å². The van der Waals surface area contributed by atoms with Gasteiger partial charge >= 0.3 is 0 Å². The Hall–Kier alpha value is -2.33. The number of carbonyl (C=O) groups is 1. The molecule has 0 aromatic heterocycles. The Morgan fingerprint density at radius 1 is 1.09 bits per heavy atom. The minimum atomic E-state index is -0.482. The number of benzene rings is 2. The maximum absolute atomic E-state index is 12.0. The van der Waals surface area contributed by atoms with Crippen molar-refractivity contribution in [2.75, 3.05) is 5.32 Å². The van der Waals surface area contributed by atoms with Gasteiger partial charge in [0, 0.05) is 5.69 Å². The Balaban J connectivity index is 1.85. The van der Waals surface area contributed by atoms with E-state index >= 15 is 0 Å². The van der Waals surface area contributed by atoms with Gasteiger partial charge in [0.2, 0.25) is 5.91 Å². The molecule has 23 heavy (non-hydrogen) atoms. The maximum atomic E-state index is 12.0. The highest BCUT2D eigenvalue weighted by molar-refractivity contribution is 5.94. The summed E-state index contributed by atoms with van der Waals surface area (Å²) in [5, 5.41) is 2.83. The molecule has 0 unspecified atom stereocenters. The van der Waals surface area contributed by atoms with Crippen LogP contribution in [0.5, 0.6) is 5.75 Å². The number of rotatable bonds is 7. The zero-order valence-electron chi connectivity index (χ0n) is 13.7. The molecule has 122 valence electrons. The third-order valence-corrected chi connectivity index (χ3v) is 3.43. The molecule has 0 aliphatic heterocycles. The lowest BCUT2D eigenvalue weighted by atomic mass is 10.0. The molecule has 2 aromatic carbocycles. The standard InChI is InChI=1S/C19H24N2O2/c1-14(2)12-18(20)19(22)21-16-8-10-17(11-9-16)23-13-15-6-4-3-5-7-15/h3-11,14,18H,12-13,20H2,1-2H3,(H,21,22)/t18-/m0/s1. The van der Waals surface area contributed by atoms with Crippen molar-refractivity contribution in [2.45, 2.75) is 32.9 Å². The molecular formula is C19H24N2O2. The summed E-state index contributed by atoms with van der Waals surface area (Å²) >= 11 is 0. The van der Waals surface area contributed by atoms with Gasteiger partial charge in [-0.2, -0.15) is 0 Å². The molecule has 1 amide bonds. The van der Waals surface area contributed by atoms with E-state index < -0.39 is 6.04 Å². The van der Waals surface area contributed by atoms with Crippen LogP contribution in [0.15, 0.2) is 54.6 Å². The van der Waals surface area contributed by atoms with E-state index in [2.05, 4.69) is 5.32 Å². The summed E-state index contributed by atoms with van der Waals surface area (Å²) in [7, 11) is 0. The van der Waals surface area contributed by atoms with E-state index in [1.165, 1.54) is 0 Å². The van der Waals surface area contributed by atoms with Gasteiger partial charge in [0.25, 0.3) is 0 Å². The average Bonchev–Trinajstić information content (AvgIpc) is 2.54. The topological polar surface area (TPSA) is 64.4 Å². The second-order valence-electron chi connectivity index (χ2n) is 6.02. The van der Waals surface area contributed by atoms with Crippen molar-refractivity contribution in [2.24, 2.45) is 11.7 Å². The molecule has 0 radical (unpaired) electrons. The Kier molecular flexibility index (Phi) is 6.18. The van der Waals surface area contributed by atoms with Crippen LogP contribution < -0.4 is 15.8 Å². The lowest BCUT2D eigenvalue weighted by Gasteiger charge is -2.14. The first kappa shape index (κ1) is 17.0. The highest BCUT2D eigenvalue weighted by atomic mass is 16.5. The molecule has 2 rings (SSSR count). The predicted octanol–water partition coefficient (Wildman–Crippen LogP) is 3.58. The summed E-state index contributed by atoms with van der Waals surface area (Å²) in [6, 6.07) is 16.8. The van der Waals surface area contributed by atoms with Gasteiger partial charge in [-0.25, -0.2) is 0 Å². The number of hydrogen-bond acceptors (Lipinski definition) is 3. The van der Waals surface area contributed by atoms with E-state index in [4.69, 9.17) is 10.5 Å². The van der Waals surface area contributed by atoms with Gasteiger partial charge in [0.1, 0.15) is 12.4 Å². The van der Waals surface area contributed by atoms with Gasteiger partial charge in [0.15, 0.2) is 0 Å². The first-order valence-corrected chi connectivity index (χ1v) is 7.88. The summed E-state index contributed by atoms with van der Waals surface area (Å²) in [6.45, 7) is 4.61. The summed E-state index contributed by atoms with van der Waals surface area (Å²) in [6.07, 6.45) is 0.671. The predicted molar refractivity (Wildman–Crippen MR) is 93.3 cm³/mol. The van der Waals surface area contributed by atoms with E-state index in [1.54, 1.807) is 0 Å². The molecule has 0 saturated carbocycles. The second-order valence-corrected chi connectivity index (χ2v) is 6.02. The fourth-order valence-corrected chi connectivity index (χ4v) is 2.23. The van der Waals surface area contributed by atoms with Gasteiger partial charge < -0.3 is 15.8 Å². The van der Waals surface area contributed by atoms with Gasteiger partial charge in [-0.3, -0.25) is 4.79 Å². The van der Waals surface area contributed by atoms with Crippen LogP contribution in [0.25, 0.3) is 0 Å². The summed E-state index contributed by atoms with van der Waals surface area (Å²) in [4.78, 5) is 12.0. The van der Waals surface area contributed by atoms with Gasteiger partial charge in [-0.1, -0.05) is 44.2 Å². The van der Waals surface area contributed by atoms with E-state index in [0.717, 1.165) is 17.0 Å². The Bertz CT molecular complexity index is 609. The second kappa shape index (κ2) is 8.34. The summed E-state index contributed by atoms with van der Waals surface area (Å²) in [5.41, 5.74) is 7.71. The maximum Gasteiger partial charge on any atom is 0.241 e. The molecule has 1 atom stereocenters. The summed E-state index contributed by atoms with van der Waals surface area (Å²) in [5.74, 6) is 1.000. The number of anilines is 1. The van der Waals surface area contributed by atoms with Crippen molar-refractivity contribution in [3.63, 3.8) is 0 Å². The highest BCUT2D eigenvalue weighted by Crippen LogP contribution is 2.17. The van der Waals surface area contributed by atoms with Gasteiger partial charge in [0.05, 0.1) is 6.04 Å². The fraction of sp³-hybridized carbons (Fsp3) is 0.316. The zero-order valence-corrected chi connectivity index (χ0v) is 13.7. The largest absolute Gasteiger partial charge is 0.489 e. The Labute approximate surface area is 137 Å². The molecule has 0 aliphatic carbocycles. The third-order valence-electron chi connectivity index (χ3n) is 3.43. The molecule has 0 bridgehead atoms. The minimum Gasteiger partial charge on any atom is -0.489 e. The lowest BCUT2D eigenvalue weighted by molar-refractivity contribution is -0.117. The minimum absolute atomic E-state index is 0.156. The smallest absolute Gasteiger partial charge is 0.241 e. The molecule has 3 N–H and O–H groups in total. The first-order valence-electron chi connectivity index (χ1n) is 7.88. The molecule has 0 aliphatic rings. The quantitative estimate of drug-likeness (QED) is 0.821. The SMILES string of the molecule is CC(C)C[C@H](N)C(=O)Nc1ccc(OCc2ccccc2)cc1. The number of nitrogens with one attached hydrogen (secondary N) is 1. The summed E-state index contributed by atoms with van der Waals surface area (Å²) < 4.78 is 5.71. The van der Waals surface area contributed by atoms with Crippen LogP contribution >= 0.6 is 0 Å². The van der Waals surface area contributed by atoms with Crippen LogP contribution in [-0.2, 0) is 11.4 Å². The highest BCUT2D eigenvalue weighted by Gasteiger charge is 2.14. The van der Waals surface area contributed by atoms with Gasteiger partial charge in [-0.15, -0.1) is 0 Å². The molecule has 0 fully saturated rings. The van der Waals surface area contributed by atoms with Crippen LogP contribution in [0.3, 0.4) is 0 Å². The third kappa shape index (κ3) is 5.75. The van der Waals surface area contributed by atoms with E-state index in [-0.39, 0.29) is 5.91 Å². The van der Waals surface area contributed by atoms with Crippen molar-refractivity contribution in [1.29, 1.82) is 0 Å². The van der Waals surface area contributed by atoms with E-state index in [1.807, 2.05) is 68.4 Å². The number of ether oxygens (including phenoxy) is 1. The van der Waals surface area contributed by atoms with Crippen molar-refractivity contribution < 1.29 is 9.53 Å². The molecule has 0 heterocycles. The van der Waals surface area contributed by atoms with Crippen molar-refractivity contribution in [3.8, 4) is 5.75 Å². The lowest BCUT2D eigenvalue weighted by Crippen LogP contribution is -2.36. The van der Waals surface area contributed by atoms with Crippen molar-refractivity contribution >= 4 is 11.6 Å². The number of nitrogens with two attached hydrogens (primary N) is 1. The molecule has 0 saturated heterocycles. The molecule has 4 nitrogen and oxygen atoms in total. The van der Waals surface area contributed by atoms with Crippen molar-refractivity contribution in [3.05, 3.63) is 60.2 Å². The van der Waals surface area contributed by atoms with Crippen LogP contribution in [-0.4, -0.2) is 11.9 Å². The van der Waals surface area contributed by atoms with Crippen LogP contribution in [0.4, 0.5) is 5.69 Å². The number of hydrogen-bond donors (Lipinski definition) is 2. The normalized spacial score (nSPS) is 12.0. The zero-order chi connectivity index (χ0) is 16.7. The molecular weight excluding hydrogens is 288 g/mol. The Morgan fingerprint density at radius 3 is 2.35 bits per heavy atom. The van der Waals surface area contributed by atoms with E-state index in [9.17, 15) is 4.79 Å². The van der Waals surface area contributed by atoms with Crippen LogP contribution in [0.1, 0.15) is 25.8 Å². The van der Waals surface area contributed by atoms with Crippen LogP contribution in [0, 0.1) is 5.92 Å². The Morgan fingerprint density at radius 2 is 1.74 bits per heavy atom. The van der Waals surface area contributed by atoms with Gasteiger partial charge in [-0.05, 0) is 42.2 Å². The number of amides is 1. The number of carbonyl (C=O) groups excluding carboxylic acids is 1. The monoisotopic (exact) mass is 312 g/mol.